The van der Waals surface area contributed by atoms with Gasteiger partial charge in [0.1, 0.15) is 0 Å². The van der Waals surface area contributed by atoms with E-state index < -0.39 is 5.97 Å². The molecule has 29 heavy (non-hydrogen) atoms. The fourth-order valence-electron chi connectivity index (χ4n) is 3.66. The summed E-state index contributed by atoms with van der Waals surface area (Å²) in [5.41, 5.74) is 5.64. The van der Waals surface area contributed by atoms with Gasteiger partial charge in [-0.05, 0) is 41.3 Å². The van der Waals surface area contributed by atoms with Crippen molar-refractivity contribution in [1.29, 1.82) is 0 Å². The quantitative estimate of drug-likeness (QED) is 0.466. The van der Waals surface area contributed by atoms with Gasteiger partial charge < -0.3 is 9.67 Å². The summed E-state index contributed by atoms with van der Waals surface area (Å²) in [7, 11) is 0. The molecule has 4 nitrogen and oxygen atoms in total. The van der Waals surface area contributed by atoms with Crippen LogP contribution < -0.4 is 0 Å². The van der Waals surface area contributed by atoms with Gasteiger partial charge in [0.2, 0.25) is 0 Å². The fraction of sp³-hybridized carbons (Fsp3) is 0.120. The number of carbonyl (C=O) groups excluding carboxylic acids is 1. The molecule has 0 spiro atoms. The van der Waals surface area contributed by atoms with E-state index in [0.29, 0.717) is 12.1 Å². The third-order valence-corrected chi connectivity index (χ3v) is 5.13. The molecule has 0 atom stereocenters. The highest BCUT2D eigenvalue weighted by atomic mass is 16.4. The Labute approximate surface area is 169 Å². The topological polar surface area (TPSA) is 59.3 Å². The molecular formula is C25H21NO3. The number of ketones is 1. The molecule has 0 bridgehead atoms. The fourth-order valence-corrected chi connectivity index (χ4v) is 3.66. The molecule has 1 aromatic heterocycles. The molecule has 0 saturated heterocycles. The number of benzene rings is 3. The zero-order valence-electron chi connectivity index (χ0n) is 16.1. The molecule has 0 radical (unpaired) electrons. The number of carboxylic acid groups (broad SMARTS) is 1. The van der Waals surface area contributed by atoms with Gasteiger partial charge >= 0.3 is 5.97 Å². The number of aliphatic carboxylic acids is 1. The van der Waals surface area contributed by atoms with Crippen molar-refractivity contribution in [2.45, 2.75) is 19.9 Å². The van der Waals surface area contributed by atoms with Gasteiger partial charge in [-0.25, -0.2) is 0 Å². The Morgan fingerprint density at radius 1 is 0.897 bits per heavy atom. The van der Waals surface area contributed by atoms with Crippen molar-refractivity contribution in [3.8, 4) is 11.1 Å². The minimum absolute atomic E-state index is 0.0228. The molecule has 0 aliphatic heterocycles. The Kier molecular flexibility index (Phi) is 5.00. The summed E-state index contributed by atoms with van der Waals surface area (Å²) >= 11 is 0. The largest absolute Gasteiger partial charge is 0.481 e. The number of hydrogen-bond donors (Lipinski definition) is 1. The van der Waals surface area contributed by atoms with Gasteiger partial charge in [-0.3, -0.25) is 9.59 Å². The summed E-state index contributed by atoms with van der Waals surface area (Å²) in [5.74, 6) is -0.811. The molecule has 1 N–H and O–H groups in total. The van der Waals surface area contributed by atoms with Crippen LogP contribution in [0.15, 0.2) is 79.0 Å². The Hall–Kier alpha value is -3.66. The molecule has 0 saturated carbocycles. The molecule has 4 rings (SSSR count). The first-order valence-electron chi connectivity index (χ1n) is 9.50. The maximum Gasteiger partial charge on any atom is 0.307 e. The Morgan fingerprint density at radius 2 is 1.59 bits per heavy atom. The van der Waals surface area contributed by atoms with Crippen LogP contribution in [0.5, 0.6) is 0 Å². The number of aromatic nitrogens is 1. The predicted molar refractivity (Wildman–Crippen MR) is 114 cm³/mol. The van der Waals surface area contributed by atoms with E-state index in [2.05, 4.69) is 16.7 Å². The van der Waals surface area contributed by atoms with E-state index in [9.17, 15) is 14.7 Å². The van der Waals surface area contributed by atoms with Crippen LogP contribution in [0.25, 0.3) is 22.0 Å². The van der Waals surface area contributed by atoms with Gasteiger partial charge in [0.05, 0.1) is 6.42 Å². The van der Waals surface area contributed by atoms with Crippen molar-refractivity contribution in [1.82, 2.24) is 4.57 Å². The molecule has 4 heteroatoms. The lowest BCUT2D eigenvalue weighted by molar-refractivity contribution is -0.136. The van der Waals surface area contributed by atoms with Gasteiger partial charge in [0.25, 0.3) is 0 Å². The molecule has 0 aliphatic rings. The van der Waals surface area contributed by atoms with Crippen molar-refractivity contribution < 1.29 is 14.7 Å². The van der Waals surface area contributed by atoms with Crippen LogP contribution >= 0.6 is 0 Å². The van der Waals surface area contributed by atoms with E-state index in [-0.39, 0.29) is 12.2 Å². The van der Waals surface area contributed by atoms with Crippen molar-refractivity contribution in [2.75, 3.05) is 0 Å². The predicted octanol–water partition coefficient (Wildman–Crippen LogP) is 5.19. The number of rotatable bonds is 6. The van der Waals surface area contributed by atoms with Crippen LogP contribution in [0.1, 0.15) is 28.4 Å². The maximum atomic E-state index is 11.5. The molecular weight excluding hydrogens is 362 g/mol. The number of carboxylic acids is 1. The second kappa shape index (κ2) is 7.76. The molecule has 0 fully saturated rings. The van der Waals surface area contributed by atoms with Crippen molar-refractivity contribution in [3.63, 3.8) is 0 Å². The van der Waals surface area contributed by atoms with E-state index in [1.165, 1.54) is 0 Å². The number of hydrogen-bond acceptors (Lipinski definition) is 2. The van der Waals surface area contributed by atoms with E-state index >= 15 is 0 Å². The molecule has 4 aromatic rings. The van der Waals surface area contributed by atoms with Crippen molar-refractivity contribution in [2.24, 2.45) is 0 Å². The van der Waals surface area contributed by atoms with Crippen LogP contribution in [-0.4, -0.2) is 21.4 Å². The van der Waals surface area contributed by atoms with Crippen LogP contribution in [-0.2, 0) is 17.8 Å². The van der Waals surface area contributed by atoms with Gasteiger partial charge in [0.15, 0.2) is 5.78 Å². The summed E-state index contributed by atoms with van der Waals surface area (Å²) in [6.45, 7) is 2.23. The van der Waals surface area contributed by atoms with E-state index in [4.69, 9.17) is 0 Å². The standard InChI is InChI=1S/C25H21NO3/c1-17(27)19-7-9-20(10-8-19)21-11-12-24-23(13-21)22(14-25(28)29)16-26(24)15-18-5-3-2-4-6-18/h2-13,16H,14-15H2,1H3,(H,28,29). The normalized spacial score (nSPS) is 10.9. The highest BCUT2D eigenvalue weighted by Crippen LogP contribution is 2.29. The molecule has 0 aliphatic carbocycles. The zero-order valence-corrected chi connectivity index (χ0v) is 16.1. The van der Waals surface area contributed by atoms with Crippen LogP contribution in [0.4, 0.5) is 0 Å². The lowest BCUT2D eigenvalue weighted by Crippen LogP contribution is -2.00. The summed E-state index contributed by atoms with van der Waals surface area (Å²) < 4.78 is 2.10. The molecule has 0 unspecified atom stereocenters. The first-order chi connectivity index (χ1) is 14.0. The highest BCUT2D eigenvalue weighted by Gasteiger charge is 2.13. The second-order valence-corrected chi connectivity index (χ2v) is 7.20. The third-order valence-electron chi connectivity index (χ3n) is 5.13. The molecule has 1 heterocycles. The smallest absolute Gasteiger partial charge is 0.307 e. The minimum atomic E-state index is -0.847. The molecule has 0 amide bonds. The number of nitrogens with zero attached hydrogens (tertiary/aromatic N) is 1. The Bertz CT molecular complexity index is 1190. The van der Waals surface area contributed by atoms with Gasteiger partial charge in [-0.15, -0.1) is 0 Å². The van der Waals surface area contributed by atoms with E-state index in [1.807, 2.05) is 66.9 Å². The summed E-state index contributed by atoms with van der Waals surface area (Å²) in [6.07, 6.45) is 1.92. The van der Waals surface area contributed by atoms with E-state index in [0.717, 1.165) is 33.2 Å². The summed E-state index contributed by atoms with van der Waals surface area (Å²) in [6, 6.07) is 23.7. The van der Waals surface area contributed by atoms with Gasteiger partial charge in [-0.1, -0.05) is 60.7 Å². The zero-order chi connectivity index (χ0) is 20.4. The summed E-state index contributed by atoms with van der Waals surface area (Å²) in [4.78, 5) is 22.9. The average Bonchev–Trinajstić information content (AvgIpc) is 3.04. The minimum Gasteiger partial charge on any atom is -0.481 e. The number of Topliss-reactive ketones (excluding diaryl/α,β-unsaturated/α-hetero) is 1. The Balaban J connectivity index is 1.78. The van der Waals surface area contributed by atoms with Crippen molar-refractivity contribution >= 4 is 22.7 Å². The average molecular weight is 383 g/mol. The first-order valence-corrected chi connectivity index (χ1v) is 9.50. The molecule has 144 valence electrons. The van der Waals surface area contributed by atoms with Gasteiger partial charge in [-0.2, -0.15) is 0 Å². The number of fused-ring (bicyclic) bond motifs is 1. The molecule has 3 aromatic carbocycles. The van der Waals surface area contributed by atoms with Gasteiger partial charge in [0, 0.05) is 29.2 Å². The Morgan fingerprint density at radius 3 is 2.24 bits per heavy atom. The highest BCUT2D eigenvalue weighted by molar-refractivity contribution is 5.95. The summed E-state index contributed by atoms with van der Waals surface area (Å²) in [5, 5.41) is 10.3. The van der Waals surface area contributed by atoms with E-state index in [1.54, 1.807) is 6.92 Å². The number of carbonyl (C=O) groups is 2. The van der Waals surface area contributed by atoms with Crippen LogP contribution in [0, 0.1) is 0 Å². The van der Waals surface area contributed by atoms with Crippen LogP contribution in [0.2, 0.25) is 0 Å². The third kappa shape index (κ3) is 3.97. The van der Waals surface area contributed by atoms with Crippen LogP contribution in [0.3, 0.4) is 0 Å². The van der Waals surface area contributed by atoms with Crippen molar-refractivity contribution in [3.05, 3.63) is 95.7 Å². The maximum absolute atomic E-state index is 11.5. The SMILES string of the molecule is CC(=O)c1ccc(-c2ccc3c(c2)c(CC(=O)O)cn3Cc2ccccc2)cc1. The second-order valence-electron chi connectivity index (χ2n) is 7.20. The lowest BCUT2D eigenvalue weighted by atomic mass is 10.00. The lowest BCUT2D eigenvalue weighted by Gasteiger charge is -2.07. The first kappa shape index (κ1) is 18.7. The monoisotopic (exact) mass is 383 g/mol.